The molecule has 0 unspecified atom stereocenters. The summed E-state index contributed by atoms with van der Waals surface area (Å²) >= 11 is 5.60. The number of benzene rings is 1. The minimum atomic E-state index is 0.193. The van der Waals surface area contributed by atoms with Crippen LogP contribution in [0.15, 0.2) is 24.3 Å². The maximum atomic E-state index is 5.60. The molecule has 1 aromatic rings. The van der Waals surface area contributed by atoms with E-state index in [1.54, 1.807) is 0 Å². The first-order valence-electron chi connectivity index (χ1n) is 4.92. The van der Waals surface area contributed by atoms with Crippen molar-refractivity contribution in [1.29, 1.82) is 0 Å². The summed E-state index contributed by atoms with van der Waals surface area (Å²) in [5, 5.41) is 0. The van der Waals surface area contributed by atoms with Crippen LogP contribution in [0.1, 0.15) is 44.9 Å². The predicted molar refractivity (Wildman–Crippen MR) is 62.5 cm³/mol. The number of nitrogens with one attached hydrogen (secondary N) is 1. The molecule has 0 saturated heterocycles. The molecule has 1 nitrogen and oxygen atoms in total. The maximum absolute atomic E-state index is 5.60. The van der Waals surface area contributed by atoms with Crippen molar-refractivity contribution in [2.45, 2.75) is 39.2 Å². The second-order valence-corrected chi connectivity index (χ2v) is 4.92. The van der Waals surface area contributed by atoms with E-state index < -0.39 is 0 Å². The predicted octanol–water partition coefficient (Wildman–Crippen LogP) is 3.79. The van der Waals surface area contributed by atoms with E-state index in [0.717, 1.165) is 0 Å². The van der Waals surface area contributed by atoms with Crippen LogP contribution in [0.3, 0.4) is 0 Å². The van der Waals surface area contributed by atoms with Gasteiger partial charge in [-0.3, -0.25) is 0 Å². The molecule has 0 spiro atoms. The van der Waals surface area contributed by atoms with Crippen LogP contribution in [0.5, 0.6) is 0 Å². The first kappa shape index (κ1) is 11.5. The van der Waals surface area contributed by atoms with Crippen LogP contribution in [0.4, 0.5) is 0 Å². The zero-order valence-electron chi connectivity index (χ0n) is 9.26. The molecule has 0 aliphatic heterocycles. The van der Waals surface area contributed by atoms with Gasteiger partial charge in [-0.2, -0.15) is 0 Å². The first-order chi connectivity index (χ1) is 6.45. The Balaban J connectivity index is 3.01. The van der Waals surface area contributed by atoms with E-state index in [1.165, 1.54) is 11.1 Å². The van der Waals surface area contributed by atoms with Gasteiger partial charge in [-0.25, -0.2) is 4.84 Å². The van der Waals surface area contributed by atoms with Gasteiger partial charge >= 0.3 is 0 Å². The summed E-state index contributed by atoms with van der Waals surface area (Å²) in [5.41, 5.74) is 2.77. The Labute approximate surface area is 91.6 Å². The zero-order chi connectivity index (χ0) is 10.8. The molecule has 0 aliphatic rings. The molecule has 0 amide bonds. The van der Waals surface area contributed by atoms with Gasteiger partial charge in [0, 0.05) is 6.04 Å². The van der Waals surface area contributed by atoms with Crippen molar-refractivity contribution in [3.63, 3.8) is 0 Å². The SMILES string of the molecule is C[C@H](NCl)c1cccc(C(C)(C)C)c1. The van der Waals surface area contributed by atoms with E-state index in [0.29, 0.717) is 0 Å². The molecular weight excluding hydrogens is 194 g/mol. The maximum Gasteiger partial charge on any atom is 0.0442 e. The summed E-state index contributed by atoms with van der Waals surface area (Å²) in [5.74, 6) is 0. The zero-order valence-corrected chi connectivity index (χ0v) is 10.0. The topological polar surface area (TPSA) is 12.0 Å². The molecule has 0 saturated carbocycles. The van der Waals surface area contributed by atoms with Gasteiger partial charge in [-0.1, -0.05) is 45.0 Å². The highest BCUT2D eigenvalue weighted by Crippen LogP contribution is 2.24. The molecule has 78 valence electrons. The third-order valence-electron chi connectivity index (χ3n) is 2.42. The molecule has 2 heteroatoms. The molecule has 0 aromatic heterocycles. The monoisotopic (exact) mass is 211 g/mol. The number of hydrogen-bond acceptors (Lipinski definition) is 1. The molecule has 0 fully saturated rings. The van der Waals surface area contributed by atoms with Crippen LogP contribution >= 0.6 is 11.8 Å². The fourth-order valence-electron chi connectivity index (χ4n) is 1.34. The van der Waals surface area contributed by atoms with Gasteiger partial charge in [-0.05, 0) is 35.2 Å². The second-order valence-electron chi connectivity index (χ2n) is 4.71. The van der Waals surface area contributed by atoms with Gasteiger partial charge in [0.2, 0.25) is 0 Å². The summed E-state index contributed by atoms with van der Waals surface area (Å²) in [6.45, 7) is 8.69. The lowest BCUT2D eigenvalue weighted by molar-refractivity contribution is 0.587. The standard InChI is InChI=1S/C12H18ClN/c1-9(14-13)10-6-5-7-11(8-10)12(2,3)4/h5-9,14H,1-4H3/t9-/m0/s1. The molecule has 1 atom stereocenters. The van der Waals surface area contributed by atoms with Gasteiger partial charge < -0.3 is 0 Å². The van der Waals surface area contributed by atoms with Crippen molar-refractivity contribution in [3.05, 3.63) is 35.4 Å². The Morgan fingerprint density at radius 2 is 1.93 bits per heavy atom. The second kappa shape index (κ2) is 4.33. The Morgan fingerprint density at radius 1 is 1.29 bits per heavy atom. The van der Waals surface area contributed by atoms with Crippen LogP contribution in [-0.2, 0) is 5.41 Å². The third-order valence-corrected chi connectivity index (χ3v) is 2.74. The molecule has 0 heterocycles. The minimum absolute atomic E-state index is 0.193. The molecule has 14 heavy (non-hydrogen) atoms. The minimum Gasteiger partial charge on any atom is -0.226 e. The normalized spacial score (nSPS) is 14.1. The Bertz CT molecular complexity index is 301. The fourth-order valence-corrected chi connectivity index (χ4v) is 1.46. The molecular formula is C12H18ClN. The molecule has 1 N–H and O–H groups in total. The van der Waals surface area contributed by atoms with Gasteiger partial charge in [0.05, 0.1) is 0 Å². The lowest BCUT2D eigenvalue weighted by Gasteiger charge is -2.21. The Kier molecular flexibility index (Phi) is 3.57. The van der Waals surface area contributed by atoms with Crippen molar-refractivity contribution < 1.29 is 0 Å². The third kappa shape index (κ3) is 2.73. The summed E-state index contributed by atoms with van der Waals surface area (Å²) in [6.07, 6.45) is 0. The van der Waals surface area contributed by atoms with Crippen molar-refractivity contribution in [2.75, 3.05) is 0 Å². The van der Waals surface area contributed by atoms with E-state index >= 15 is 0 Å². The highest BCUT2D eigenvalue weighted by Gasteiger charge is 2.14. The van der Waals surface area contributed by atoms with Gasteiger partial charge in [-0.15, -0.1) is 0 Å². The van der Waals surface area contributed by atoms with Crippen LogP contribution < -0.4 is 4.84 Å². The summed E-state index contributed by atoms with van der Waals surface area (Å²) in [6, 6.07) is 8.74. The fraction of sp³-hybridized carbons (Fsp3) is 0.500. The molecule has 1 rings (SSSR count). The van der Waals surface area contributed by atoms with Crippen LogP contribution in [0.25, 0.3) is 0 Å². The summed E-state index contributed by atoms with van der Waals surface area (Å²) in [7, 11) is 0. The van der Waals surface area contributed by atoms with E-state index in [2.05, 4.69) is 56.8 Å². The number of hydrogen-bond donors (Lipinski definition) is 1. The van der Waals surface area contributed by atoms with Crippen LogP contribution in [0, 0.1) is 0 Å². The molecule has 0 aliphatic carbocycles. The highest BCUT2D eigenvalue weighted by molar-refractivity contribution is 6.13. The summed E-state index contributed by atoms with van der Waals surface area (Å²) < 4.78 is 0. The van der Waals surface area contributed by atoms with E-state index in [1.807, 2.05) is 0 Å². The van der Waals surface area contributed by atoms with E-state index in [4.69, 9.17) is 11.8 Å². The number of halogens is 1. The van der Waals surface area contributed by atoms with E-state index in [-0.39, 0.29) is 11.5 Å². The van der Waals surface area contributed by atoms with Crippen LogP contribution in [0.2, 0.25) is 0 Å². The average molecular weight is 212 g/mol. The summed E-state index contributed by atoms with van der Waals surface area (Å²) in [4.78, 5) is 2.73. The highest BCUT2D eigenvalue weighted by atomic mass is 35.5. The van der Waals surface area contributed by atoms with Crippen molar-refractivity contribution >= 4 is 11.8 Å². The lowest BCUT2D eigenvalue weighted by atomic mass is 9.85. The van der Waals surface area contributed by atoms with Crippen molar-refractivity contribution in [2.24, 2.45) is 0 Å². The number of rotatable bonds is 2. The van der Waals surface area contributed by atoms with Gasteiger partial charge in [0.15, 0.2) is 0 Å². The van der Waals surface area contributed by atoms with Crippen molar-refractivity contribution in [3.8, 4) is 0 Å². The molecule has 1 aromatic carbocycles. The largest absolute Gasteiger partial charge is 0.226 e. The van der Waals surface area contributed by atoms with E-state index in [9.17, 15) is 0 Å². The smallest absolute Gasteiger partial charge is 0.0442 e. The van der Waals surface area contributed by atoms with Crippen molar-refractivity contribution in [1.82, 2.24) is 4.84 Å². The van der Waals surface area contributed by atoms with Gasteiger partial charge in [0.1, 0.15) is 0 Å². The quantitative estimate of drug-likeness (QED) is 0.734. The van der Waals surface area contributed by atoms with Gasteiger partial charge in [0.25, 0.3) is 0 Å². The Morgan fingerprint density at radius 3 is 2.43 bits per heavy atom. The first-order valence-corrected chi connectivity index (χ1v) is 5.29. The Hall–Kier alpha value is -0.530. The average Bonchev–Trinajstić information content (AvgIpc) is 2.15. The van der Waals surface area contributed by atoms with Crippen LogP contribution in [-0.4, -0.2) is 0 Å². The lowest BCUT2D eigenvalue weighted by Crippen LogP contribution is -2.13. The molecule has 0 radical (unpaired) electrons. The molecule has 0 bridgehead atoms.